The first-order valence-electron chi connectivity index (χ1n) is 8.82. The average molecular weight is 393 g/mol. The quantitative estimate of drug-likeness (QED) is 0.501. The van der Waals surface area contributed by atoms with Crippen LogP contribution in [0.3, 0.4) is 0 Å². The number of imidazole rings is 1. The third kappa shape index (κ3) is 3.89. The Bertz CT molecular complexity index is 1030. The van der Waals surface area contributed by atoms with Crippen LogP contribution in [0.1, 0.15) is 28.6 Å². The summed E-state index contributed by atoms with van der Waals surface area (Å²) in [5, 5.41) is 14.2. The van der Waals surface area contributed by atoms with Gasteiger partial charge in [0.1, 0.15) is 12.2 Å². The summed E-state index contributed by atoms with van der Waals surface area (Å²) in [5.41, 5.74) is 3.22. The van der Waals surface area contributed by atoms with Crippen LogP contribution in [0.5, 0.6) is 0 Å². The molecule has 0 aliphatic rings. The smallest absolute Gasteiger partial charge is 0.251 e. The predicted octanol–water partition coefficient (Wildman–Crippen LogP) is 2.76. The molecule has 0 aliphatic carbocycles. The zero-order valence-electron chi connectivity index (χ0n) is 15.2. The number of nitrogens with zero attached hydrogens (tertiary/aromatic N) is 5. The summed E-state index contributed by atoms with van der Waals surface area (Å²) in [6, 6.07) is 14.8. The molecule has 2 aromatic heterocycles. The van der Waals surface area contributed by atoms with Crippen LogP contribution in [0.2, 0.25) is 0 Å². The maximum Gasteiger partial charge on any atom is 0.251 e. The monoisotopic (exact) mass is 393 g/mol. The molecule has 8 nitrogen and oxygen atoms in total. The van der Waals surface area contributed by atoms with E-state index in [0.717, 1.165) is 34.7 Å². The highest BCUT2D eigenvalue weighted by Gasteiger charge is 2.19. The summed E-state index contributed by atoms with van der Waals surface area (Å²) in [6.07, 6.45) is 4.35. The number of hydrogen-bond acceptors (Lipinski definition) is 6. The minimum absolute atomic E-state index is 0.144. The summed E-state index contributed by atoms with van der Waals surface area (Å²) < 4.78 is 1.54. The highest BCUT2D eigenvalue weighted by molar-refractivity contribution is 7.98. The molecule has 1 unspecified atom stereocenters. The highest BCUT2D eigenvalue weighted by atomic mass is 32.2. The second-order valence-corrected chi connectivity index (χ2v) is 7.23. The van der Waals surface area contributed by atoms with Crippen LogP contribution in [0, 0.1) is 0 Å². The molecule has 0 radical (unpaired) electrons. The molecule has 142 valence electrons. The third-order valence-electron chi connectivity index (χ3n) is 4.40. The first-order valence-corrected chi connectivity index (χ1v) is 10.2. The number of rotatable bonds is 7. The zero-order valence-corrected chi connectivity index (χ0v) is 16.1. The van der Waals surface area contributed by atoms with E-state index < -0.39 is 0 Å². The fraction of sp³-hybridized carbons (Fsp3) is 0.211. The molecule has 1 amide bonds. The molecule has 0 spiro atoms. The molecular weight excluding hydrogens is 374 g/mol. The van der Waals surface area contributed by atoms with Gasteiger partial charge in [0.05, 0.1) is 22.8 Å². The molecule has 4 aromatic rings. The lowest BCUT2D eigenvalue weighted by Crippen LogP contribution is -2.29. The first kappa shape index (κ1) is 18.2. The second kappa shape index (κ2) is 8.22. The maximum atomic E-state index is 12.8. The van der Waals surface area contributed by atoms with Crippen LogP contribution in [-0.4, -0.2) is 48.1 Å². The lowest BCUT2D eigenvalue weighted by Gasteiger charge is -2.16. The zero-order chi connectivity index (χ0) is 19.3. The number of hydrogen-bond donors (Lipinski definition) is 2. The third-order valence-corrected chi connectivity index (χ3v) is 5.04. The van der Waals surface area contributed by atoms with Crippen molar-refractivity contribution < 1.29 is 4.79 Å². The topological polar surface area (TPSA) is 101 Å². The van der Waals surface area contributed by atoms with Gasteiger partial charge in [-0.3, -0.25) is 4.79 Å². The van der Waals surface area contributed by atoms with Crippen LogP contribution in [0.25, 0.3) is 16.7 Å². The average Bonchev–Trinajstić information content (AvgIpc) is 3.41. The number of aromatic nitrogens is 6. The van der Waals surface area contributed by atoms with E-state index in [0.29, 0.717) is 5.56 Å². The van der Waals surface area contributed by atoms with E-state index in [9.17, 15) is 4.79 Å². The van der Waals surface area contributed by atoms with Gasteiger partial charge in [-0.1, -0.05) is 12.1 Å². The number of nitrogens with one attached hydrogen (secondary N) is 2. The van der Waals surface area contributed by atoms with Crippen LogP contribution < -0.4 is 5.32 Å². The van der Waals surface area contributed by atoms with Crippen molar-refractivity contribution in [3.8, 4) is 5.69 Å². The number of tetrazole rings is 1. The standard InChI is InChI=1S/C19H19N7OS/c1-28-11-10-17(18-21-15-4-2-3-5-16(15)22-18)23-19(27)13-6-8-14(9-7-13)26-12-20-24-25-26/h2-9,12,17H,10-11H2,1H3,(H,21,22)(H,23,27). The van der Waals surface area contributed by atoms with Gasteiger partial charge < -0.3 is 10.3 Å². The van der Waals surface area contributed by atoms with Crippen LogP contribution in [-0.2, 0) is 0 Å². The first-order chi connectivity index (χ1) is 13.7. The molecule has 0 saturated carbocycles. The Labute approximate surface area is 165 Å². The van der Waals surface area contributed by atoms with Gasteiger partial charge in [-0.2, -0.15) is 11.8 Å². The molecule has 2 N–H and O–H groups in total. The molecule has 28 heavy (non-hydrogen) atoms. The Hall–Kier alpha value is -3.20. The second-order valence-electron chi connectivity index (χ2n) is 6.25. The Morgan fingerprint density at radius 1 is 1.21 bits per heavy atom. The Kier molecular flexibility index (Phi) is 5.34. The van der Waals surface area contributed by atoms with E-state index in [1.807, 2.05) is 36.4 Å². The SMILES string of the molecule is CSCCC(NC(=O)c1ccc(-n2cnnn2)cc1)c1nc2ccccc2[nH]1. The van der Waals surface area contributed by atoms with Crippen LogP contribution in [0.15, 0.2) is 54.9 Å². The summed E-state index contributed by atoms with van der Waals surface area (Å²) >= 11 is 1.74. The molecule has 0 bridgehead atoms. The van der Waals surface area contributed by atoms with Gasteiger partial charge in [0, 0.05) is 5.56 Å². The van der Waals surface area contributed by atoms with Crippen molar-refractivity contribution in [3.05, 3.63) is 66.2 Å². The Balaban J connectivity index is 1.53. The number of amides is 1. The van der Waals surface area contributed by atoms with E-state index in [1.54, 1.807) is 23.9 Å². The van der Waals surface area contributed by atoms with Crippen molar-refractivity contribution >= 4 is 28.7 Å². The molecular formula is C19H19N7OS. The van der Waals surface area contributed by atoms with Gasteiger partial charge >= 0.3 is 0 Å². The van der Waals surface area contributed by atoms with Gasteiger partial charge in [0.25, 0.3) is 5.91 Å². The number of carbonyl (C=O) groups excluding carboxylic acids is 1. The summed E-state index contributed by atoms with van der Waals surface area (Å²) in [4.78, 5) is 20.8. The highest BCUT2D eigenvalue weighted by Crippen LogP contribution is 2.21. The normalized spacial score (nSPS) is 12.2. The fourth-order valence-electron chi connectivity index (χ4n) is 2.94. The molecule has 0 fully saturated rings. The van der Waals surface area contributed by atoms with E-state index in [-0.39, 0.29) is 11.9 Å². The fourth-order valence-corrected chi connectivity index (χ4v) is 3.41. The molecule has 9 heteroatoms. The minimum atomic E-state index is -0.188. The number of thioether (sulfide) groups is 1. The number of H-pyrrole nitrogens is 1. The largest absolute Gasteiger partial charge is 0.342 e. The van der Waals surface area contributed by atoms with Crippen molar-refractivity contribution in [3.63, 3.8) is 0 Å². The maximum absolute atomic E-state index is 12.8. The van der Waals surface area contributed by atoms with Crippen molar-refractivity contribution in [2.75, 3.05) is 12.0 Å². The number of fused-ring (bicyclic) bond motifs is 1. The molecule has 1 atom stereocenters. The molecule has 2 aromatic carbocycles. The molecule has 0 saturated heterocycles. The van der Waals surface area contributed by atoms with Crippen LogP contribution in [0.4, 0.5) is 0 Å². The lowest BCUT2D eigenvalue weighted by molar-refractivity contribution is 0.0934. The number of aromatic amines is 1. The van der Waals surface area contributed by atoms with Gasteiger partial charge in [0.2, 0.25) is 0 Å². The van der Waals surface area contributed by atoms with E-state index in [1.165, 1.54) is 11.0 Å². The molecule has 4 rings (SSSR count). The van der Waals surface area contributed by atoms with Gasteiger partial charge in [-0.05, 0) is 65.3 Å². The molecule has 0 aliphatic heterocycles. The van der Waals surface area contributed by atoms with E-state index in [2.05, 4.69) is 37.1 Å². The van der Waals surface area contributed by atoms with E-state index in [4.69, 9.17) is 0 Å². The number of para-hydroxylation sites is 2. The van der Waals surface area contributed by atoms with E-state index >= 15 is 0 Å². The summed E-state index contributed by atoms with van der Waals surface area (Å²) in [6.45, 7) is 0. The predicted molar refractivity (Wildman–Crippen MR) is 108 cm³/mol. The Morgan fingerprint density at radius 2 is 2.04 bits per heavy atom. The van der Waals surface area contributed by atoms with Crippen LogP contribution >= 0.6 is 11.8 Å². The Morgan fingerprint density at radius 3 is 2.75 bits per heavy atom. The van der Waals surface area contributed by atoms with Gasteiger partial charge in [-0.15, -0.1) is 5.10 Å². The summed E-state index contributed by atoms with van der Waals surface area (Å²) in [5.74, 6) is 1.55. The number of benzene rings is 2. The molecule has 2 heterocycles. The van der Waals surface area contributed by atoms with Crippen molar-refractivity contribution in [2.24, 2.45) is 0 Å². The summed E-state index contributed by atoms with van der Waals surface area (Å²) in [7, 11) is 0. The van der Waals surface area contributed by atoms with Crippen molar-refractivity contribution in [2.45, 2.75) is 12.5 Å². The number of carbonyl (C=O) groups is 1. The van der Waals surface area contributed by atoms with Gasteiger partial charge in [0.15, 0.2) is 0 Å². The lowest BCUT2D eigenvalue weighted by atomic mass is 10.1. The minimum Gasteiger partial charge on any atom is -0.342 e. The van der Waals surface area contributed by atoms with Crippen molar-refractivity contribution in [1.29, 1.82) is 0 Å². The van der Waals surface area contributed by atoms with Crippen molar-refractivity contribution in [1.82, 2.24) is 35.5 Å². The van der Waals surface area contributed by atoms with Gasteiger partial charge in [-0.25, -0.2) is 9.67 Å².